The number of amides is 2. The number of hydrogen-bond acceptors (Lipinski definition) is 3. The van der Waals surface area contributed by atoms with Gasteiger partial charge in [-0.05, 0) is 19.3 Å². The topological polar surface area (TPSA) is 77.9 Å². The predicted octanol–water partition coefficient (Wildman–Crippen LogP) is 1.10. The minimum absolute atomic E-state index is 0.0331. The van der Waals surface area contributed by atoms with Crippen LogP contribution in [0.1, 0.15) is 44.9 Å². The van der Waals surface area contributed by atoms with E-state index in [4.69, 9.17) is 5.11 Å². The quantitative estimate of drug-likeness (QED) is 0.796. The van der Waals surface area contributed by atoms with E-state index in [-0.39, 0.29) is 24.2 Å². The Morgan fingerprint density at radius 3 is 2.62 bits per heavy atom. The second-order valence-electron chi connectivity index (χ2n) is 6.14. The molecule has 6 heteroatoms. The highest BCUT2D eigenvalue weighted by Gasteiger charge is 2.39. The molecule has 0 spiro atoms. The molecule has 1 N–H and O–H groups in total. The van der Waals surface area contributed by atoms with Crippen LogP contribution in [0.25, 0.3) is 0 Å². The van der Waals surface area contributed by atoms with E-state index < -0.39 is 5.97 Å². The zero-order valence-corrected chi connectivity index (χ0v) is 12.6. The molecule has 6 nitrogen and oxygen atoms in total. The van der Waals surface area contributed by atoms with Crippen molar-refractivity contribution in [3.8, 4) is 0 Å². The Morgan fingerprint density at radius 1 is 1.33 bits per heavy atom. The van der Waals surface area contributed by atoms with Gasteiger partial charge < -0.3 is 14.9 Å². The lowest BCUT2D eigenvalue weighted by atomic mass is 10.1. The molecular formula is C15H24N2O4. The number of rotatable bonds is 6. The van der Waals surface area contributed by atoms with Gasteiger partial charge in [0.05, 0.1) is 5.92 Å². The smallest absolute Gasteiger partial charge is 0.303 e. The Balaban J connectivity index is 1.82. The van der Waals surface area contributed by atoms with Crippen LogP contribution in [0.2, 0.25) is 0 Å². The van der Waals surface area contributed by atoms with Gasteiger partial charge in [-0.1, -0.05) is 12.8 Å². The van der Waals surface area contributed by atoms with Crippen LogP contribution in [-0.2, 0) is 14.4 Å². The molecule has 0 unspecified atom stereocenters. The van der Waals surface area contributed by atoms with Crippen molar-refractivity contribution < 1.29 is 19.5 Å². The summed E-state index contributed by atoms with van der Waals surface area (Å²) in [6.45, 7) is 0.963. The van der Waals surface area contributed by atoms with E-state index in [1.54, 1.807) is 11.9 Å². The highest BCUT2D eigenvalue weighted by atomic mass is 16.4. The fourth-order valence-electron chi connectivity index (χ4n) is 3.36. The minimum atomic E-state index is -0.848. The van der Waals surface area contributed by atoms with Crippen LogP contribution in [0.3, 0.4) is 0 Å². The van der Waals surface area contributed by atoms with Crippen LogP contribution < -0.4 is 0 Å². The van der Waals surface area contributed by atoms with Crippen LogP contribution in [0.4, 0.5) is 0 Å². The number of nitrogens with zero attached hydrogens (tertiary/aromatic N) is 2. The molecular weight excluding hydrogens is 272 g/mol. The van der Waals surface area contributed by atoms with Crippen molar-refractivity contribution in [3.63, 3.8) is 0 Å². The molecule has 1 heterocycles. The number of likely N-dealkylation sites (tertiary alicyclic amines) is 1. The van der Waals surface area contributed by atoms with Gasteiger partial charge in [-0.2, -0.15) is 0 Å². The Hall–Kier alpha value is -1.59. The molecule has 2 rings (SSSR count). The molecule has 21 heavy (non-hydrogen) atoms. The first-order valence-corrected chi connectivity index (χ1v) is 7.75. The number of carboxylic acid groups (broad SMARTS) is 1. The molecule has 0 aromatic heterocycles. The van der Waals surface area contributed by atoms with Crippen molar-refractivity contribution in [2.24, 2.45) is 5.92 Å². The van der Waals surface area contributed by atoms with Gasteiger partial charge in [0.15, 0.2) is 0 Å². The van der Waals surface area contributed by atoms with Gasteiger partial charge in [0.1, 0.15) is 0 Å². The van der Waals surface area contributed by atoms with Crippen molar-refractivity contribution in [2.75, 3.05) is 20.1 Å². The van der Waals surface area contributed by atoms with Gasteiger partial charge in [-0.3, -0.25) is 14.4 Å². The minimum Gasteiger partial charge on any atom is -0.481 e. The van der Waals surface area contributed by atoms with Gasteiger partial charge in [-0.25, -0.2) is 0 Å². The Morgan fingerprint density at radius 2 is 2.00 bits per heavy atom. The monoisotopic (exact) mass is 296 g/mol. The third-order valence-corrected chi connectivity index (χ3v) is 4.53. The van der Waals surface area contributed by atoms with Crippen molar-refractivity contribution >= 4 is 17.8 Å². The fraction of sp³-hybridized carbons (Fsp3) is 0.800. The molecule has 2 amide bonds. The summed E-state index contributed by atoms with van der Waals surface area (Å²) in [7, 11) is 1.69. The average Bonchev–Trinajstić information content (AvgIpc) is 3.06. The summed E-state index contributed by atoms with van der Waals surface area (Å²) in [5, 5.41) is 8.61. The first-order valence-electron chi connectivity index (χ1n) is 7.75. The van der Waals surface area contributed by atoms with Crippen LogP contribution in [0.15, 0.2) is 0 Å². The molecule has 0 aromatic carbocycles. The standard InChI is InChI=1S/C15H24N2O4/c1-16(8-4-7-14(19)20)15(21)11-9-13(18)17(10-11)12-5-2-3-6-12/h11-12H,2-10H2,1H3,(H,19,20)/t11-/m1/s1. The lowest BCUT2D eigenvalue weighted by molar-refractivity contribution is -0.138. The Labute approximate surface area is 125 Å². The average molecular weight is 296 g/mol. The zero-order chi connectivity index (χ0) is 15.4. The molecule has 0 aromatic rings. The van der Waals surface area contributed by atoms with Gasteiger partial charge in [0.25, 0.3) is 0 Å². The van der Waals surface area contributed by atoms with Gasteiger partial charge in [0, 0.05) is 39.0 Å². The van der Waals surface area contributed by atoms with E-state index in [1.165, 1.54) is 12.8 Å². The second-order valence-corrected chi connectivity index (χ2v) is 6.14. The molecule has 2 fully saturated rings. The Kier molecular flexibility index (Phi) is 5.20. The summed E-state index contributed by atoms with van der Waals surface area (Å²) >= 11 is 0. The molecule has 118 valence electrons. The SMILES string of the molecule is CN(CCCC(=O)O)C(=O)[C@@H]1CC(=O)N(C2CCCC2)C1. The summed E-state index contributed by atoms with van der Waals surface area (Å²) in [5.74, 6) is -1.04. The summed E-state index contributed by atoms with van der Waals surface area (Å²) in [4.78, 5) is 38.3. The number of aliphatic carboxylic acids is 1. The van der Waals surface area contributed by atoms with E-state index >= 15 is 0 Å². The molecule has 1 saturated carbocycles. The highest BCUT2D eigenvalue weighted by Crippen LogP contribution is 2.30. The van der Waals surface area contributed by atoms with Crippen molar-refractivity contribution in [1.82, 2.24) is 9.80 Å². The Bertz CT molecular complexity index is 418. The van der Waals surface area contributed by atoms with Crippen molar-refractivity contribution in [1.29, 1.82) is 0 Å². The summed E-state index contributed by atoms with van der Waals surface area (Å²) in [6.07, 6.45) is 5.27. The summed E-state index contributed by atoms with van der Waals surface area (Å²) in [6, 6.07) is 0.326. The van der Waals surface area contributed by atoms with Crippen molar-refractivity contribution in [2.45, 2.75) is 51.0 Å². The van der Waals surface area contributed by atoms with Crippen LogP contribution in [-0.4, -0.2) is 58.9 Å². The number of carbonyl (C=O) groups is 3. The molecule has 1 saturated heterocycles. The van der Waals surface area contributed by atoms with Crippen LogP contribution in [0, 0.1) is 5.92 Å². The van der Waals surface area contributed by atoms with Crippen molar-refractivity contribution in [3.05, 3.63) is 0 Å². The molecule has 1 atom stereocenters. The molecule has 0 bridgehead atoms. The lowest BCUT2D eigenvalue weighted by Gasteiger charge is -2.25. The summed E-state index contributed by atoms with van der Waals surface area (Å²) in [5.41, 5.74) is 0. The first-order chi connectivity index (χ1) is 9.99. The van der Waals surface area contributed by atoms with E-state index in [1.807, 2.05) is 4.90 Å². The van der Waals surface area contributed by atoms with Gasteiger partial charge in [0.2, 0.25) is 11.8 Å². The normalized spacial score (nSPS) is 22.8. The van der Waals surface area contributed by atoms with Gasteiger partial charge >= 0.3 is 5.97 Å². The largest absolute Gasteiger partial charge is 0.481 e. The molecule has 0 radical (unpaired) electrons. The van der Waals surface area contributed by atoms with E-state index in [0.717, 1.165) is 12.8 Å². The molecule has 1 aliphatic heterocycles. The maximum absolute atomic E-state index is 12.3. The third-order valence-electron chi connectivity index (χ3n) is 4.53. The number of carboxylic acids is 1. The van der Waals surface area contributed by atoms with E-state index in [0.29, 0.717) is 32.0 Å². The highest BCUT2D eigenvalue weighted by molar-refractivity contribution is 5.89. The maximum Gasteiger partial charge on any atom is 0.303 e. The van der Waals surface area contributed by atoms with Gasteiger partial charge in [-0.15, -0.1) is 0 Å². The van der Waals surface area contributed by atoms with E-state index in [2.05, 4.69) is 0 Å². The summed E-state index contributed by atoms with van der Waals surface area (Å²) < 4.78 is 0. The molecule has 1 aliphatic carbocycles. The third kappa shape index (κ3) is 3.95. The van der Waals surface area contributed by atoms with Crippen LogP contribution >= 0.6 is 0 Å². The second kappa shape index (κ2) is 6.91. The first kappa shape index (κ1) is 15.8. The zero-order valence-electron chi connectivity index (χ0n) is 12.6. The maximum atomic E-state index is 12.3. The number of hydrogen-bond donors (Lipinski definition) is 1. The lowest BCUT2D eigenvalue weighted by Crippen LogP contribution is -2.38. The predicted molar refractivity (Wildman–Crippen MR) is 76.6 cm³/mol. The molecule has 2 aliphatic rings. The number of carbonyl (C=O) groups excluding carboxylic acids is 2. The fourth-order valence-corrected chi connectivity index (χ4v) is 3.36. The van der Waals surface area contributed by atoms with Crippen LogP contribution in [0.5, 0.6) is 0 Å². The van der Waals surface area contributed by atoms with E-state index in [9.17, 15) is 14.4 Å².